The average Bonchev–Trinajstić information content (AvgIpc) is 4.24. The van der Waals surface area contributed by atoms with Crippen LogP contribution in [-0.4, -0.2) is 112 Å². The Balaban J connectivity index is 0.900. The van der Waals surface area contributed by atoms with Crippen LogP contribution in [0.2, 0.25) is 0 Å². The topological polar surface area (TPSA) is 252 Å². The van der Waals surface area contributed by atoms with E-state index < -0.39 is 77.1 Å². The Bertz CT molecular complexity index is 2840. The zero-order valence-electron chi connectivity index (χ0n) is 46.5. The molecule has 78 heavy (non-hydrogen) atoms. The number of anilines is 1. The van der Waals surface area contributed by atoms with Crippen molar-refractivity contribution in [1.29, 1.82) is 0 Å². The summed E-state index contributed by atoms with van der Waals surface area (Å²) in [6.45, 7) is 16.6. The van der Waals surface area contributed by atoms with Gasteiger partial charge in [-0.2, -0.15) is 0 Å². The molecular weight excluding hydrogens is 1010 g/mol. The molecule has 7 N–H and O–H groups in total. The van der Waals surface area contributed by atoms with Gasteiger partial charge in [0.2, 0.25) is 35.4 Å². The van der Waals surface area contributed by atoms with Crippen molar-refractivity contribution in [3.8, 4) is 16.2 Å². The van der Waals surface area contributed by atoms with E-state index in [2.05, 4.69) is 32.3 Å². The van der Waals surface area contributed by atoms with Gasteiger partial charge in [0, 0.05) is 32.2 Å². The summed E-state index contributed by atoms with van der Waals surface area (Å²) in [5, 5.41) is 22.5. The molecule has 1 aromatic heterocycles. The molecule has 19 heteroatoms. The molecule has 4 heterocycles. The summed E-state index contributed by atoms with van der Waals surface area (Å²) in [4.78, 5) is 103. The number of β-amino-alcohol motifs (C(OH)–C–C–N with tert-alkyl or cyclic N) is 1. The highest BCUT2D eigenvalue weighted by Crippen LogP contribution is 2.39. The number of aliphatic hydroxyl groups excluding tert-OH is 1. The Morgan fingerprint density at radius 1 is 0.885 bits per heavy atom. The number of aryl methyl sites for hydroxylation is 4. The number of amides is 7. The first-order chi connectivity index (χ1) is 36.8. The van der Waals surface area contributed by atoms with Gasteiger partial charge in [-0.25, -0.2) is 9.78 Å². The minimum atomic E-state index is -0.936. The van der Waals surface area contributed by atoms with Gasteiger partial charge in [-0.3, -0.25) is 33.7 Å². The summed E-state index contributed by atoms with van der Waals surface area (Å²) >= 11 is 1.57. The van der Waals surface area contributed by atoms with Crippen molar-refractivity contribution in [2.24, 2.45) is 11.1 Å². The number of hydrogen-bond acceptors (Lipinski definition) is 12. The monoisotopic (exact) mass is 1090 g/mol. The lowest BCUT2D eigenvalue weighted by molar-refractivity contribution is -0.144. The summed E-state index contributed by atoms with van der Waals surface area (Å²) in [7, 11) is 0. The average molecular weight is 1090 g/mol. The van der Waals surface area contributed by atoms with Crippen molar-refractivity contribution in [2.75, 3.05) is 18.1 Å². The number of unbranched alkanes of at least 4 members (excludes halogenated alkanes) is 2. The van der Waals surface area contributed by atoms with Gasteiger partial charge in [0.05, 0.1) is 40.0 Å². The maximum atomic E-state index is 14.3. The number of thiazole rings is 1. The molecule has 3 aromatic carbocycles. The van der Waals surface area contributed by atoms with E-state index in [1.807, 2.05) is 102 Å². The number of para-hydroxylation sites is 1. The minimum Gasteiger partial charge on any atom is -0.491 e. The third kappa shape index (κ3) is 15.2. The number of carbonyl (C=O) groups excluding carboxylic acids is 7. The first-order valence-electron chi connectivity index (χ1n) is 27.2. The Hall–Kier alpha value is -6.86. The van der Waals surface area contributed by atoms with Crippen LogP contribution in [0.25, 0.3) is 10.4 Å². The molecule has 1 fully saturated rings. The molecule has 18 nitrogen and oxygen atoms in total. The van der Waals surface area contributed by atoms with Crippen LogP contribution in [0.4, 0.5) is 10.5 Å². The van der Waals surface area contributed by atoms with Gasteiger partial charge in [0.15, 0.2) is 0 Å². The lowest BCUT2D eigenvalue weighted by Gasteiger charge is -2.35. The number of aliphatic hydroxyl groups is 1. The highest BCUT2D eigenvalue weighted by atomic mass is 32.1. The first kappa shape index (κ1) is 58.8. The molecule has 0 radical (unpaired) electrons. The lowest BCUT2D eigenvalue weighted by Crippen LogP contribution is -2.57. The molecule has 0 aliphatic carbocycles. The van der Waals surface area contributed by atoms with Crippen LogP contribution in [0.1, 0.15) is 139 Å². The van der Waals surface area contributed by atoms with Crippen molar-refractivity contribution in [3.05, 3.63) is 99.7 Å². The zero-order valence-corrected chi connectivity index (χ0v) is 47.3. The predicted octanol–water partition coefficient (Wildman–Crippen LogP) is 6.83. The molecular formula is C59H78N8O10S. The number of nitrogens with zero attached hydrogens (tertiary/aromatic N) is 3. The normalized spacial score (nSPS) is 19.2. The van der Waals surface area contributed by atoms with Gasteiger partial charge >= 0.3 is 6.09 Å². The van der Waals surface area contributed by atoms with Crippen molar-refractivity contribution in [2.45, 2.75) is 181 Å². The number of aromatic nitrogens is 1. The van der Waals surface area contributed by atoms with Gasteiger partial charge in [-0.15, -0.1) is 11.3 Å². The van der Waals surface area contributed by atoms with Crippen molar-refractivity contribution < 1.29 is 48.1 Å². The number of nitrogens with two attached hydrogens (primary N) is 1. The molecule has 7 amide bonds. The number of carbonyl (C=O) groups is 7. The summed E-state index contributed by atoms with van der Waals surface area (Å²) < 4.78 is 11.8. The quantitative estimate of drug-likeness (QED) is 0.0472. The van der Waals surface area contributed by atoms with Crippen LogP contribution in [0.15, 0.2) is 66.2 Å². The molecule has 7 atom stereocenters. The van der Waals surface area contributed by atoms with E-state index >= 15 is 0 Å². The van der Waals surface area contributed by atoms with Crippen LogP contribution in [0.3, 0.4) is 0 Å². The Labute approximate surface area is 462 Å². The van der Waals surface area contributed by atoms with E-state index in [1.165, 1.54) is 9.80 Å². The van der Waals surface area contributed by atoms with E-state index in [1.54, 1.807) is 32.1 Å². The van der Waals surface area contributed by atoms with Crippen LogP contribution in [-0.2, 0) is 52.8 Å². The number of ether oxygens (including phenoxy) is 2. The molecule has 420 valence electrons. The number of hydrogen-bond donors (Lipinski definition) is 6. The SMILES string of the molecule is Cc1cc(CCCCCC(=O)N[C@H](C(=O)N2C[C@H](O)C[C@H]2C(=O)N[C@@H](C)c2ccc(-c3scnc3C)cc2)C(C)(C)C)cc(OC[C@H](CCC(N)=O)NC(=O)C2Cc3cccc4c3N2C(=O)[C@@H](NC(=O)OC(C)(C)C)CC4)c1. The van der Waals surface area contributed by atoms with Gasteiger partial charge in [-0.1, -0.05) is 75.7 Å². The van der Waals surface area contributed by atoms with Crippen molar-refractivity contribution >= 4 is 58.6 Å². The van der Waals surface area contributed by atoms with Gasteiger partial charge in [0.25, 0.3) is 0 Å². The molecule has 7 rings (SSSR count). The number of primary amides is 1. The Morgan fingerprint density at radius 3 is 2.28 bits per heavy atom. The van der Waals surface area contributed by atoms with E-state index in [9.17, 15) is 38.7 Å². The molecule has 3 aliphatic rings. The number of likely N-dealkylation sites (tertiary alicyclic amines) is 1. The molecule has 0 spiro atoms. The van der Waals surface area contributed by atoms with E-state index in [4.69, 9.17) is 15.2 Å². The third-order valence-corrected chi connectivity index (χ3v) is 15.5. The lowest BCUT2D eigenvalue weighted by atomic mass is 9.85. The summed E-state index contributed by atoms with van der Waals surface area (Å²) in [5.41, 5.74) is 13.2. The van der Waals surface area contributed by atoms with E-state index in [-0.39, 0.29) is 63.1 Å². The van der Waals surface area contributed by atoms with E-state index in [0.29, 0.717) is 37.1 Å². The largest absolute Gasteiger partial charge is 0.491 e. The standard InChI is InChI=1S/C59H78N8O10S/c1-34-26-37(28-44(27-34)76-32-42(23-25-48(60)69)63-54(72)47-29-41-16-13-15-39-22-24-45(55(73)67(47)50(39)41)64-57(75)77-59(7,8)9)14-11-10-12-17-49(70)65-52(58(4,5)6)56(74)66-31-43(68)30-46(66)53(71)62-35(2)38-18-20-40(21-19-38)51-36(3)61-33-78-51/h13,15-16,18-21,26-28,33,35,42-43,45-47,52,68H,10-12,14,17,22-25,29-32H2,1-9H3,(H2,60,69)(H,62,71)(H,63,72)(H,64,75)(H,65,70)/t35-,42-,43+,45-,46-,47?,52+/m0/s1. The molecule has 3 aliphatic heterocycles. The third-order valence-electron chi connectivity index (χ3n) is 14.5. The Kier molecular flexibility index (Phi) is 19.1. The van der Waals surface area contributed by atoms with E-state index in [0.717, 1.165) is 56.8 Å². The highest BCUT2D eigenvalue weighted by molar-refractivity contribution is 7.13. The summed E-state index contributed by atoms with van der Waals surface area (Å²) in [6.07, 6.45) is 2.72. The molecule has 4 aromatic rings. The van der Waals surface area contributed by atoms with Gasteiger partial charge in [0.1, 0.15) is 42.1 Å². The maximum Gasteiger partial charge on any atom is 0.408 e. The fourth-order valence-electron chi connectivity index (χ4n) is 10.5. The second-order valence-corrected chi connectivity index (χ2v) is 24.1. The van der Waals surface area contributed by atoms with Crippen LogP contribution in [0.5, 0.6) is 5.75 Å². The summed E-state index contributed by atoms with van der Waals surface area (Å²) in [5.74, 6) is -1.86. The van der Waals surface area contributed by atoms with Gasteiger partial charge < -0.3 is 46.5 Å². The van der Waals surface area contributed by atoms with Crippen LogP contribution in [0, 0.1) is 19.3 Å². The Morgan fingerprint density at radius 2 is 1.60 bits per heavy atom. The number of alkyl carbamates (subject to hydrolysis) is 1. The zero-order chi connectivity index (χ0) is 56.6. The molecule has 1 saturated heterocycles. The molecule has 0 saturated carbocycles. The first-order valence-corrected chi connectivity index (χ1v) is 28.1. The highest BCUT2D eigenvalue weighted by Gasteiger charge is 2.46. The number of rotatable bonds is 21. The van der Waals surface area contributed by atoms with Crippen molar-refractivity contribution in [1.82, 2.24) is 31.2 Å². The molecule has 0 bridgehead atoms. The summed E-state index contributed by atoms with van der Waals surface area (Å²) in [6, 6.07) is 14.9. The van der Waals surface area contributed by atoms with Gasteiger partial charge in [-0.05, 0) is 131 Å². The number of nitrogens with one attached hydrogen (secondary N) is 4. The predicted molar refractivity (Wildman–Crippen MR) is 298 cm³/mol. The van der Waals surface area contributed by atoms with Crippen LogP contribution < -0.4 is 36.6 Å². The molecule has 1 unspecified atom stereocenters. The smallest absolute Gasteiger partial charge is 0.408 e. The van der Waals surface area contributed by atoms with Crippen molar-refractivity contribution in [3.63, 3.8) is 0 Å². The second kappa shape index (κ2) is 25.3. The fourth-order valence-corrected chi connectivity index (χ4v) is 11.3. The number of benzene rings is 3. The minimum absolute atomic E-state index is 0.00844. The maximum absolute atomic E-state index is 14.3. The van der Waals surface area contributed by atoms with Crippen LogP contribution >= 0.6 is 11.3 Å². The second-order valence-electron chi connectivity index (χ2n) is 23.2. The fraction of sp³-hybridized carbons (Fsp3) is 0.525.